The lowest BCUT2D eigenvalue weighted by Gasteiger charge is -2.21. The van der Waals surface area contributed by atoms with Crippen LogP contribution in [0.4, 0.5) is 0 Å². The molecule has 0 unspecified atom stereocenters. The van der Waals surface area contributed by atoms with Crippen LogP contribution in [0, 0.1) is 0 Å². The van der Waals surface area contributed by atoms with Crippen LogP contribution in [0.25, 0.3) is 10.4 Å². The zero-order valence-corrected chi connectivity index (χ0v) is 20.3. The normalized spacial score (nSPS) is 13.4. The molecule has 0 saturated heterocycles. The average Bonchev–Trinajstić information content (AvgIpc) is 3.32. The fourth-order valence-electron chi connectivity index (χ4n) is 3.30. The molecule has 174 valence electrons. The first-order valence-electron chi connectivity index (χ1n) is 10.6. The summed E-state index contributed by atoms with van der Waals surface area (Å²) in [5.41, 5.74) is 1.78. The van der Waals surface area contributed by atoms with E-state index in [1.54, 1.807) is 37.4 Å². The summed E-state index contributed by atoms with van der Waals surface area (Å²) in [6.07, 6.45) is 0. The number of carbonyl (C=O) groups is 1. The summed E-state index contributed by atoms with van der Waals surface area (Å²) in [6, 6.07) is 15.9. The minimum atomic E-state index is -3.53. The molecule has 1 aromatic heterocycles. The zero-order chi connectivity index (χ0) is 23.6. The summed E-state index contributed by atoms with van der Waals surface area (Å²) >= 11 is 1.40. The Hall–Kier alpha value is -2.88. The molecule has 9 heteroatoms. The summed E-state index contributed by atoms with van der Waals surface area (Å²) in [4.78, 5) is 14.4. The summed E-state index contributed by atoms with van der Waals surface area (Å²) in [6.45, 7) is 5.02. The van der Waals surface area contributed by atoms with E-state index in [9.17, 15) is 13.2 Å². The van der Waals surface area contributed by atoms with E-state index in [0.29, 0.717) is 30.4 Å². The van der Waals surface area contributed by atoms with Crippen LogP contribution in [-0.4, -0.2) is 44.9 Å². The van der Waals surface area contributed by atoms with Crippen molar-refractivity contribution in [2.75, 3.05) is 20.3 Å². The minimum Gasteiger partial charge on any atom is -0.486 e. The Bertz CT molecular complexity index is 1250. The van der Waals surface area contributed by atoms with E-state index in [1.165, 1.54) is 15.6 Å². The van der Waals surface area contributed by atoms with Crippen molar-refractivity contribution < 1.29 is 22.7 Å². The maximum Gasteiger partial charge on any atom is 0.261 e. The van der Waals surface area contributed by atoms with Gasteiger partial charge in [-0.25, -0.2) is 8.42 Å². The number of ether oxygens (including phenoxy) is 2. The Morgan fingerprint density at radius 1 is 1.03 bits per heavy atom. The first kappa shape index (κ1) is 23.3. The molecule has 0 fully saturated rings. The second-order valence-electron chi connectivity index (χ2n) is 7.96. The number of rotatable bonds is 7. The number of nitrogens with one attached hydrogen (secondary N) is 1. The predicted octanol–water partition coefficient (Wildman–Crippen LogP) is 4.15. The van der Waals surface area contributed by atoms with Crippen molar-refractivity contribution >= 4 is 27.3 Å². The molecule has 0 spiro atoms. The fraction of sp³-hybridized carbons (Fsp3) is 0.292. The SMILES string of the molecule is CC(C)N(C)S(=O)(=O)c1ccc(CNC(=O)c2ccc(-c3ccc4c(c3)OCCO4)s2)cc1. The van der Waals surface area contributed by atoms with Gasteiger partial charge in [-0.1, -0.05) is 12.1 Å². The lowest BCUT2D eigenvalue weighted by Crippen LogP contribution is -2.33. The smallest absolute Gasteiger partial charge is 0.261 e. The maximum absolute atomic E-state index is 12.6. The Morgan fingerprint density at radius 3 is 2.42 bits per heavy atom. The Labute approximate surface area is 198 Å². The van der Waals surface area contributed by atoms with Gasteiger partial charge in [0.1, 0.15) is 13.2 Å². The van der Waals surface area contributed by atoms with E-state index in [0.717, 1.165) is 21.8 Å². The summed E-state index contributed by atoms with van der Waals surface area (Å²) in [7, 11) is -1.96. The second-order valence-corrected chi connectivity index (χ2v) is 11.0. The van der Waals surface area contributed by atoms with Gasteiger partial charge >= 0.3 is 0 Å². The van der Waals surface area contributed by atoms with E-state index < -0.39 is 10.0 Å². The number of carbonyl (C=O) groups excluding carboxylic acids is 1. The monoisotopic (exact) mass is 486 g/mol. The molecule has 33 heavy (non-hydrogen) atoms. The molecular weight excluding hydrogens is 460 g/mol. The number of amides is 1. The van der Waals surface area contributed by atoms with Crippen LogP contribution in [0.15, 0.2) is 59.5 Å². The predicted molar refractivity (Wildman–Crippen MR) is 128 cm³/mol. The van der Waals surface area contributed by atoms with Gasteiger partial charge in [0.2, 0.25) is 10.0 Å². The van der Waals surface area contributed by atoms with Crippen LogP contribution in [0.1, 0.15) is 29.1 Å². The van der Waals surface area contributed by atoms with Gasteiger partial charge in [0.15, 0.2) is 11.5 Å². The lowest BCUT2D eigenvalue weighted by atomic mass is 10.1. The van der Waals surface area contributed by atoms with Crippen molar-refractivity contribution in [2.24, 2.45) is 0 Å². The number of fused-ring (bicyclic) bond motifs is 1. The van der Waals surface area contributed by atoms with Crippen LogP contribution in [-0.2, 0) is 16.6 Å². The molecular formula is C24H26N2O5S2. The van der Waals surface area contributed by atoms with Crippen LogP contribution in [0.3, 0.4) is 0 Å². The molecule has 2 heterocycles. The van der Waals surface area contributed by atoms with Gasteiger partial charge in [-0.2, -0.15) is 4.31 Å². The molecule has 0 bridgehead atoms. The van der Waals surface area contributed by atoms with E-state index in [4.69, 9.17) is 9.47 Å². The molecule has 0 saturated carbocycles. The van der Waals surface area contributed by atoms with Gasteiger partial charge in [-0.3, -0.25) is 4.79 Å². The van der Waals surface area contributed by atoms with Gasteiger partial charge in [0.25, 0.3) is 5.91 Å². The van der Waals surface area contributed by atoms with E-state index in [2.05, 4.69) is 5.32 Å². The van der Waals surface area contributed by atoms with Crippen molar-refractivity contribution in [1.29, 1.82) is 0 Å². The molecule has 2 aromatic carbocycles. The van der Waals surface area contributed by atoms with Gasteiger partial charge < -0.3 is 14.8 Å². The Kier molecular flexibility index (Phi) is 6.73. The standard InChI is InChI=1S/C24H26N2O5S2/c1-16(2)26(3)33(28,29)19-7-4-17(5-8-19)15-25-24(27)23-11-10-22(32-23)18-6-9-20-21(14-18)31-13-12-30-20/h4-11,14,16H,12-13,15H2,1-3H3,(H,25,27). The highest BCUT2D eigenvalue weighted by atomic mass is 32.2. The molecule has 1 N–H and O–H groups in total. The number of hydrogen-bond acceptors (Lipinski definition) is 6. The number of thiophene rings is 1. The summed E-state index contributed by atoms with van der Waals surface area (Å²) < 4.78 is 37.7. The van der Waals surface area contributed by atoms with Crippen molar-refractivity contribution in [1.82, 2.24) is 9.62 Å². The second kappa shape index (κ2) is 9.54. The minimum absolute atomic E-state index is 0.133. The van der Waals surface area contributed by atoms with Crippen molar-refractivity contribution in [2.45, 2.75) is 31.3 Å². The van der Waals surface area contributed by atoms with Crippen molar-refractivity contribution in [3.05, 3.63) is 65.0 Å². The number of nitrogens with zero attached hydrogens (tertiary/aromatic N) is 1. The Balaban J connectivity index is 1.39. The van der Waals surface area contributed by atoms with Crippen LogP contribution >= 0.6 is 11.3 Å². The molecule has 0 radical (unpaired) electrons. The van der Waals surface area contributed by atoms with Gasteiger partial charge in [-0.15, -0.1) is 11.3 Å². The maximum atomic E-state index is 12.6. The molecule has 4 rings (SSSR count). The third-order valence-electron chi connectivity index (χ3n) is 5.44. The topological polar surface area (TPSA) is 84.9 Å². The van der Waals surface area contributed by atoms with Gasteiger partial charge in [-0.05, 0) is 67.4 Å². The number of hydrogen-bond donors (Lipinski definition) is 1. The van der Waals surface area contributed by atoms with Crippen molar-refractivity contribution in [3.63, 3.8) is 0 Å². The summed E-state index contributed by atoms with van der Waals surface area (Å²) in [5.74, 6) is 1.26. The first-order chi connectivity index (χ1) is 15.8. The highest BCUT2D eigenvalue weighted by Crippen LogP contribution is 2.36. The van der Waals surface area contributed by atoms with Crippen LogP contribution in [0.2, 0.25) is 0 Å². The van der Waals surface area contributed by atoms with Crippen LogP contribution in [0.5, 0.6) is 11.5 Å². The largest absolute Gasteiger partial charge is 0.486 e. The first-order valence-corrected chi connectivity index (χ1v) is 12.9. The molecule has 0 atom stereocenters. The highest BCUT2D eigenvalue weighted by molar-refractivity contribution is 7.89. The summed E-state index contributed by atoms with van der Waals surface area (Å²) in [5, 5.41) is 2.90. The Morgan fingerprint density at radius 2 is 1.73 bits per heavy atom. The number of sulfonamides is 1. The number of benzene rings is 2. The van der Waals surface area contributed by atoms with Crippen LogP contribution < -0.4 is 14.8 Å². The van der Waals surface area contributed by atoms with Crippen molar-refractivity contribution in [3.8, 4) is 21.9 Å². The van der Waals surface area contributed by atoms with E-state index in [1.807, 2.05) is 38.1 Å². The lowest BCUT2D eigenvalue weighted by molar-refractivity contribution is 0.0955. The molecule has 0 aliphatic carbocycles. The van der Waals surface area contributed by atoms with E-state index in [-0.39, 0.29) is 16.8 Å². The molecule has 1 amide bonds. The fourth-order valence-corrected chi connectivity index (χ4v) is 5.59. The molecule has 7 nitrogen and oxygen atoms in total. The average molecular weight is 487 g/mol. The third-order valence-corrected chi connectivity index (χ3v) is 8.62. The van der Waals surface area contributed by atoms with Gasteiger partial charge in [0, 0.05) is 24.5 Å². The third kappa shape index (κ3) is 5.05. The zero-order valence-electron chi connectivity index (χ0n) is 18.7. The molecule has 1 aliphatic rings. The molecule has 3 aromatic rings. The highest BCUT2D eigenvalue weighted by Gasteiger charge is 2.23. The quantitative estimate of drug-likeness (QED) is 0.542. The van der Waals surface area contributed by atoms with E-state index >= 15 is 0 Å². The molecule has 1 aliphatic heterocycles. The van der Waals surface area contributed by atoms with Gasteiger partial charge in [0.05, 0.1) is 9.77 Å².